The van der Waals surface area contributed by atoms with E-state index >= 15 is 0 Å². The second-order valence-electron chi connectivity index (χ2n) is 5.39. The molecule has 0 heterocycles. The van der Waals surface area contributed by atoms with Crippen molar-refractivity contribution in [3.05, 3.63) is 35.9 Å². The van der Waals surface area contributed by atoms with Gasteiger partial charge in [0.15, 0.2) is 0 Å². The summed E-state index contributed by atoms with van der Waals surface area (Å²) < 4.78 is 10.2. The lowest BCUT2D eigenvalue weighted by Crippen LogP contribution is -2.32. The van der Waals surface area contributed by atoms with Gasteiger partial charge in [0, 0.05) is 6.54 Å². The second-order valence-corrected chi connectivity index (χ2v) is 5.39. The number of hydrogen-bond acceptors (Lipinski definition) is 3. The summed E-state index contributed by atoms with van der Waals surface area (Å²) in [6, 6.07) is 7.80. The third-order valence-corrected chi connectivity index (χ3v) is 2.41. The molecule has 0 spiro atoms. The molecular formula is C16H23NO3. The quantitative estimate of drug-likeness (QED) is 0.836. The van der Waals surface area contributed by atoms with Gasteiger partial charge in [-0.3, -0.25) is 0 Å². The van der Waals surface area contributed by atoms with Gasteiger partial charge < -0.3 is 14.8 Å². The van der Waals surface area contributed by atoms with Crippen molar-refractivity contribution in [3.8, 4) is 5.75 Å². The first-order chi connectivity index (χ1) is 9.40. The molecule has 4 nitrogen and oxygen atoms in total. The number of ether oxygens (including phenoxy) is 2. The Labute approximate surface area is 120 Å². The molecule has 0 unspecified atom stereocenters. The van der Waals surface area contributed by atoms with E-state index in [0.29, 0.717) is 6.54 Å². The molecule has 0 aliphatic rings. The van der Waals surface area contributed by atoms with Crippen molar-refractivity contribution in [1.82, 2.24) is 5.32 Å². The van der Waals surface area contributed by atoms with Crippen LogP contribution in [-0.2, 0) is 4.74 Å². The Hall–Kier alpha value is -1.97. The summed E-state index contributed by atoms with van der Waals surface area (Å²) in [7, 11) is 1.65. The summed E-state index contributed by atoms with van der Waals surface area (Å²) in [6.07, 6.45) is 4.40. The van der Waals surface area contributed by atoms with Crippen molar-refractivity contribution < 1.29 is 14.3 Å². The number of methoxy groups -OCH3 is 1. The molecule has 1 aromatic rings. The van der Waals surface area contributed by atoms with Crippen molar-refractivity contribution in [1.29, 1.82) is 0 Å². The number of alkyl carbamates (subject to hydrolysis) is 1. The smallest absolute Gasteiger partial charge is 0.407 e. The average Bonchev–Trinajstić information content (AvgIpc) is 2.37. The van der Waals surface area contributed by atoms with E-state index in [4.69, 9.17) is 9.47 Å². The molecule has 110 valence electrons. The van der Waals surface area contributed by atoms with Crippen molar-refractivity contribution >= 4 is 12.2 Å². The molecule has 0 atom stereocenters. The number of hydrogen-bond donors (Lipinski definition) is 1. The molecule has 1 aromatic carbocycles. The molecule has 1 amide bonds. The van der Waals surface area contributed by atoms with Gasteiger partial charge in [-0.05, 0) is 44.9 Å². The summed E-state index contributed by atoms with van der Waals surface area (Å²) in [4.78, 5) is 11.4. The van der Waals surface area contributed by atoms with Crippen LogP contribution in [0.1, 0.15) is 32.8 Å². The topological polar surface area (TPSA) is 47.6 Å². The van der Waals surface area contributed by atoms with E-state index < -0.39 is 5.60 Å². The average molecular weight is 277 g/mol. The van der Waals surface area contributed by atoms with Gasteiger partial charge in [-0.25, -0.2) is 4.79 Å². The lowest BCUT2D eigenvalue weighted by atomic mass is 10.2. The van der Waals surface area contributed by atoms with Gasteiger partial charge in [-0.2, -0.15) is 0 Å². The van der Waals surface area contributed by atoms with Gasteiger partial charge in [0.05, 0.1) is 7.11 Å². The molecule has 0 saturated carbocycles. The molecule has 4 heteroatoms. The zero-order chi connectivity index (χ0) is 15.0. The lowest BCUT2D eigenvalue weighted by Gasteiger charge is -2.19. The largest absolute Gasteiger partial charge is 0.497 e. The molecule has 0 aromatic heterocycles. The monoisotopic (exact) mass is 277 g/mol. The number of amides is 1. The summed E-state index contributed by atoms with van der Waals surface area (Å²) in [5.74, 6) is 0.841. The van der Waals surface area contributed by atoms with Crippen LogP contribution in [0.15, 0.2) is 30.3 Å². The molecule has 20 heavy (non-hydrogen) atoms. The van der Waals surface area contributed by atoms with Crippen LogP contribution in [0.25, 0.3) is 6.08 Å². The summed E-state index contributed by atoms with van der Waals surface area (Å²) in [5, 5.41) is 2.71. The number of benzene rings is 1. The van der Waals surface area contributed by atoms with Crippen LogP contribution < -0.4 is 10.1 Å². The molecule has 1 rings (SSSR count). The predicted molar refractivity (Wildman–Crippen MR) is 80.9 cm³/mol. The fourth-order valence-corrected chi connectivity index (χ4v) is 1.51. The molecule has 0 aliphatic heterocycles. The highest BCUT2D eigenvalue weighted by Gasteiger charge is 2.14. The minimum absolute atomic E-state index is 0.379. The zero-order valence-corrected chi connectivity index (χ0v) is 12.6. The first kappa shape index (κ1) is 16.1. The summed E-state index contributed by atoms with van der Waals surface area (Å²) in [6.45, 7) is 6.09. The number of carbonyl (C=O) groups is 1. The van der Waals surface area contributed by atoms with Crippen LogP contribution in [-0.4, -0.2) is 25.3 Å². The molecule has 0 aliphatic carbocycles. The van der Waals surface area contributed by atoms with Crippen LogP contribution >= 0.6 is 0 Å². The Balaban J connectivity index is 2.26. The Kier molecular flexibility index (Phi) is 6.10. The van der Waals surface area contributed by atoms with Crippen LogP contribution in [0, 0.1) is 0 Å². The Morgan fingerprint density at radius 1 is 1.25 bits per heavy atom. The van der Waals surface area contributed by atoms with Gasteiger partial charge in [0.1, 0.15) is 11.4 Å². The van der Waals surface area contributed by atoms with E-state index in [1.165, 1.54) is 0 Å². The molecule has 0 bridgehead atoms. The normalized spacial score (nSPS) is 11.4. The molecule has 1 N–H and O–H groups in total. The zero-order valence-electron chi connectivity index (χ0n) is 12.6. The van der Waals surface area contributed by atoms with Crippen LogP contribution in [0.5, 0.6) is 5.75 Å². The maximum atomic E-state index is 11.4. The lowest BCUT2D eigenvalue weighted by molar-refractivity contribution is 0.0529. The van der Waals surface area contributed by atoms with E-state index in [2.05, 4.69) is 5.32 Å². The molecule has 0 fully saturated rings. The molecule has 0 radical (unpaired) electrons. The Morgan fingerprint density at radius 3 is 2.45 bits per heavy atom. The SMILES string of the molecule is COc1ccc(C=CCCNC(=O)OC(C)(C)C)cc1. The van der Waals surface area contributed by atoms with Crippen molar-refractivity contribution in [3.63, 3.8) is 0 Å². The van der Waals surface area contributed by atoms with Crippen LogP contribution in [0.3, 0.4) is 0 Å². The standard InChI is InChI=1S/C16H23NO3/c1-16(2,3)20-15(18)17-12-6-5-7-13-8-10-14(19-4)11-9-13/h5,7-11H,6,12H2,1-4H3,(H,17,18). The summed E-state index contributed by atoms with van der Waals surface area (Å²) in [5.41, 5.74) is 0.645. The fourth-order valence-electron chi connectivity index (χ4n) is 1.51. The number of nitrogens with one attached hydrogen (secondary N) is 1. The number of rotatable bonds is 5. The van der Waals surface area contributed by atoms with Gasteiger partial charge in [0.2, 0.25) is 0 Å². The fraction of sp³-hybridized carbons (Fsp3) is 0.438. The maximum Gasteiger partial charge on any atom is 0.407 e. The van der Waals surface area contributed by atoms with Gasteiger partial charge in [-0.15, -0.1) is 0 Å². The van der Waals surface area contributed by atoms with Crippen LogP contribution in [0.4, 0.5) is 4.79 Å². The third-order valence-electron chi connectivity index (χ3n) is 2.41. The van der Waals surface area contributed by atoms with Crippen molar-refractivity contribution in [2.24, 2.45) is 0 Å². The van der Waals surface area contributed by atoms with Gasteiger partial charge >= 0.3 is 6.09 Å². The van der Waals surface area contributed by atoms with E-state index in [1.807, 2.05) is 57.2 Å². The minimum atomic E-state index is -0.455. The molecular weight excluding hydrogens is 254 g/mol. The Morgan fingerprint density at radius 2 is 1.90 bits per heavy atom. The minimum Gasteiger partial charge on any atom is -0.497 e. The van der Waals surface area contributed by atoms with Gasteiger partial charge in [0.25, 0.3) is 0 Å². The predicted octanol–water partition coefficient (Wildman–Crippen LogP) is 3.62. The van der Waals surface area contributed by atoms with Gasteiger partial charge in [-0.1, -0.05) is 24.3 Å². The van der Waals surface area contributed by atoms with Crippen molar-refractivity contribution in [2.45, 2.75) is 32.8 Å². The molecule has 0 saturated heterocycles. The first-order valence-electron chi connectivity index (χ1n) is 6.68. The second kappa shape index (κ2) is 7.58. The van der Waals surface area contributed by atoms with E-state index in [9.17, 15) is 4.79 Å². The van der Waals surface area contributed by atoms with E-state index in [-0.39, 0.29) is 6.09 Å². The number of carbonyl (C=O) groups excluding carboxylic acids is 1. The van der Waals surface area contributed by atoms with E-state index in [1.54, 1.807) is 7.11 Å². The van der Waals surface area contributed by atoms with E-state index in [0.717, 1.165) is 17.7 Å². The maximum absolute atomic E-state index is 11.4. The highest BCUT2D eigenvalue weighted by molar-refractivity contribution is 5.67. The first-order valence-corrected chi connectivity index (χ1v) is 6.68. The van der Waals surface area contributed by atoms with Crippen LogP contribution in [0.2, 0.25) is 0 Å². The highest BCUT2D eigenvalue weighted by atomic mass is 16.6. The Bertz CT molecular complexity index is 444. The third kappa shape index (κ3) is 6.83. The summed E-state index contributed by atoms with van der Waals surface area (Å²) >= 11 is 0. The van der Waals surface area contributed by atoms with Crippen molar-refractivity contribution in [2.75, 3.05) is 13.7 Å². The highest BCUT2D eigenvalue weighted by Crippen LogP contribution is 2.12.